The molecule has 0 amide bonds. The Morgan fingerprint density at radius 3 is 1.65 bits per heavy atom. The van der Waals surface area contributed by atoms with Crippen LogP contribution in [0.5, 0.6) is 0 Å². The molecule has 0 spiro atoms. The van der Waals surface area contributed by atoms with Crippen LogP contribution in [-0.4, -0.2) is 111 Å². The minimum atomic E-state index is -1.39. The fraction of sp³-hybridized carbons (Fsp3) is 0.553. The quantitative estimate of drug-likeness (QED) is 0.0389. The predicted octanol–water partition coefficient (Wildman–Crippen LogP) is 6.72. The van der Waals surface area contributed by atoms with Gasteiger partial charge in [0.15, 0.2) is 24.8 Å². The van der Waals surface area contributed by atoms with Crippen LogP contribution in [0.25, 0.3) is 0 Å². The van der Waals surface area contributed by atoms with E-state index in [1.54, 1.807) is 23.0 Å². The second kappa shape index (κ2) is 27.7. The molecule has 0 aliphatic carbocycles. The zero-order valence-electron chi connectivity index (χ0n) is 36.2. The minimum Gasteiger partial charge on any atom is -0.469 e. The Bertz CT molecular complexity index is 1760. The zero-order valence-corrected chi connectivity index (χ0v) is 38.3. The third-order valence-electron chi connectivity index (χ3n) is 10.6. The number of hydrogen-bond donors (Lipinski definition) is 1. The van der Waals surface area contributed by atoms with Gasteiger partial charge in [-0.3, -0.25) is 14.4 Å². The maximum atomic E-state index is 12.7. The molecule has 3 aromatic rings. The maximum absolute atomic E-state index is 12.7. The minimum absolute atomic E-state index is 0.0410. The molecule has 0 bridgehead atoms. The van der Waals surface area contributed by atoms with E-state index in [1.807, 2.05) is 91.0 Å². The van der Waals surface area contributed by atoms with Crippen LogP contribution in [0.15, 0.2) is 91.0 Å². The lowest BCUT2D eigenvalue weighted by atomic mass is 9.96. The van der Waals surface area contributed by atoms with Crippen molar-refractivity contribution in [1.82, 2.24) is 0 Å². The largest absolute Gasteiger partial charge is 0.469 e. The molecule has 1 N–H and O–H groups in total. The lowest BCUT2D eigenvalue weighted by molar-refractivity contribution is -0.376. The molecule has 346 valence electrons. The van der Waals surface area contributed by atoms with Crippen LogP contribution < -0.4 is 0 Å². The molecular formula is C47H61IO15. The highest BCUT2D eigenvalue weighted by Crippen LogP contribution is 2.36. The van der Waals surface area contributed by atoms with E-state index in [1.165, 1.54) is 21.0 Å². The first-order valence-electron chi connectivity index (χ1n) is 21.5. The Balaban J connectivity index is 1.46. The van der Waals surface area contributed by atoms with E-state index < -0.39 is 73.4 Å². The monoisotopic (exact) mass is 992 g/mol. The summed E-state index contributed by atoms with van der Waals surface area (Å²) >= 11 is 1.71. The molecule has 63 heavy (non-hydrogen) atoms. The molecule has 0 unspecified atom stereocenters. The third-order valence-corrected chi connectivity index (χ3v) is 11.0. The average Bonchev–Trinajstić information content (AvgIpc) is 3.29. The number of hydrogen-bond acceptors (Lipinski definition) is 15. The van der Waals surface area contributed by atoms with Gasteiger partial charge >= 0.3 is 17.9 Å². The van der Waals surface area contributed by atoms with Crippen LogP contribution in [0, 0.1) is 0 Å². The molecule has 2 heterocycles. The SMILES string of the molecule is COC(=O)CCCCCCCCO[C@H]1O[C@H](COI)[C@@H](O)[C@H](OC(C)=O)[C@H]1O[C@H]1O[C@H](COC(C)=O)[C@@H](OCc2ccccc2)[C@H](OCc2ccccc2)[C@H]1OCc1ccccc1. The summed E-state index contributed by atoms with van der Waals surface area (Å²) in [5.41, 5.74) is 2.65. The van der Waals surface area contributed by atoms with Crippen molar-refractivity contribution >= 4 is 40.9 Å². The van der Waals surface area contributed by atoms with Gasteiger partial charge in [-0.1, -0.05) is 117 Å². The normalized spacial score (nSPS) is 25.9. The Morgan fingerprint density at radius 2 is 1.11 bits per heavy atom. The van der Waals surface area contributed by atoms with Gasteiger partial charge in [-0.05, 0) is 29.5 Å². The number of methoxy groups -OCH3 is 1. The topological polar surface area (TPSA) is 173 Å². The first-order valence-corrected chi connectivity index (χ1v) is 22.4. The molecule has 2 fully saturated rings. The van der Waals surface area contributed by atoms with Crippen LogP contribution in [0.4, 0.5) is 0 Å². The second-order valence-electron chi connectivity index (χ2n) is 15.4. The van der Waals surface area contributed by atoms with Gasteiger partial charge in [0, 0.05) is 26.9 Å². The Morgan fingerprint density at radius 1 is 0.587 bits per heavy atom. The predicted molar refractivity (Wildman–Crippen MR) is 236 cm³/mol. The van der Waals surface area contributed by atoms with Gasteiger partial charge in [0.1, 0.15) is 66.2 Å². The number of rotatable bonds is 26. The van der Waals surface area contributed by atoms with Gasteiger partial charge in [0.05, 0.1) is 33.5 Å². The first kappa shape index (κ1) is 50.4. The first-order chi connectivity index (χ1) is 30.7. The molecule has 10 atom stereocenters. The van der Waals surface area contributed by atoms with Crippen LogP contribution in [0.2, 0.25) is 0 Å². The molecule has 2 aliphatic heterocycles. The van der Waals surface area contributed by atoms with Crippen molar-refractivity contribution in [3.8, 4) is 0 Å². The van der Waals surface area contributed by atoms with Gasteiger partial charge in [0.25, 0.3) is 0 Å². The van der Waals surface area contributed by atoms with Crippen LogP contribution >= 0.6 is 23.0 Å². The summed E-state index contributed by atoms with van der Waals surface area (Å²) in [4.78, 5) is 36.5. The van der Waals surface area contributed by atoms with Gasteiger partial charge in [0.2, 0.25) is 0 Å². The number of aliphatic hydroxyl groups is 1. The smallest absolute Gasteiger partial charge is 0.305 e. The molecule has 0 saturated carbocycles. The van der Waals surface area contributed by atoms with Crippen LogP contribution in [-0.2, 0) is 84.6 Å². The Labute approximate surface area is 383 Å². The molecule has 0 aromatic heterocycles. The van der Waals surface area contributed by atoms with E-state index in [0.29, 0.717) is 12.8 Å². The molecular weight excluding hydrogens is 931 g/mol. The number of halogens is 1. The van der Waals surface area contributed by atoms with Gasteiger partial charge in [-0.2, -0.15) is 0 Å². The highest BCUT2D eigenvalue weighted by molar-refractivity contribution is 14.1. The van der Waals surface area contributed by atoms with E-state index in [4.69, 9.17) is 50.4 Å². The summed E-state index contributed by atoms with van der Waals surface area (Å²) in [5, 5.41) is 11.7. The number of ether oxygens (including phenoxy) is 10. The Kier molecular flexibility index (Phi) is 22.2. The third kappa shape index (κ3) is 16.7. The molecule has 5 rings (SSSR count). The summed E-state index contributed by atoms with van der Waals surface area (Å²) in [6, 6.07) is 28.8. The molecule has 16 heteroatoms. The summed E-state index contributed by atoms with van der Waals surface area (Å²) in [5.74, 6) is -1.41. The number of aliphatic hydroxyl groups excluding tert-OH is 1. The summed E-state index contributed by atoms with van der Waals surface area (Å²) in [6.07, 6.45) is -5.66. The zero-order chi connectivity index (χ0) is 44.8. The van der Waals surface area contributed by atoms with Crippen molar-refractivity contribution < 1.29 is 69.9 Å². The molecule has 15 nitrogen and oxygen atoms in total. The van der Waals surface area contributed by atoms with Crippen molar-refractivity contribution in [1.29, 1.82) is 0 Å². The van der Waals surface area contributed by atoms with Gasteiger partial charge in [-0.15, -0.1) is 0 Å². The van der Waals surface area contributed by atoms with Gasteiger partial charge < -0.3 is 55.5 Å². The van der Waals surface area contributed by atoms with E-state index in [9.17, 15) is 19.5 Å². The number of benzene rings is 3. The van der Waals surface area contributed by atoms with Crippen molar-refractivity contribution in [3.05, 3.63) is 108 Å². The second-order valence-corrected chi connectivity index (χ2v) is 16.1. The number of carbonyl (C=O) groups excluding carboxylic acids is 3. The molecule has 2 aliphatic rings. The number of esters is 3. The van der Waals surface area contributed by atoms with E-state index >= 15 is 0 Å². The van der Waals surface area contributed by atoms with Crippen molar-refractivity contribution in [2.75, 3.05) is 26.9 Å². The van der Waals surface area contributed by atoms with E-state index in [2.05, 4.69) is 0 Å². The standard InChI is InChI=1S/C47H61IO15/c1-32(49)55-30-38-41(56-27-34-19-11-8-12-20-34)43(57-28-35-21-13-9-14-22-35)44(58-29-36-23-15-10-16-24-36)47(62-38)63-45-42(60-33(2)50)40(52)37(31-59-48)61-46(45)54-26-18-7-5-4-6-17-25-39(51)53-3/h8-16,19-24,37-38,40-47,52H,4-7,17-18,25-31H2,1-3H3/t37-,38-,40-,41-,42+,43+,44-,45-,46+,47-/m1/s1. The molecule has 0 radical (unpaired) electrons. The Hall–Kier alpha value is -3.56. The van der Waals surface area contributed by atoms with E-state index in [0.717, 1.165) is 48.8 Å². The lowest BCUT2D eigenvalue weighted by Crippen LogP contribution is -2.66. The fourth-order valence-electron chi connectivity index (χ4n) is 7.42. The van der Waals surface area contributed by atoms with Gasteiger partial charge in [-0.25, -0.2) is 0 Å². The van der Waals surface area contributed by atoms with Crippen molar-refractivity contribution in [2.24, 2.45) is 0 Å². The number of unbranched alkanes of at least 4 members (excludes halogenated alkanes) is 5. The summed E-state index contributed by atoms with van der Waals surface area (Å²) in [7, 11) is 1.39. The maximum Gasteiger partial charge on any atom is 0.305 e. The highest BCUT2D eigenvalue weighted by Gasteiger charge is 2.55. The summed E-state index contributed by atoms with van der Waals surface area (Å²) in [6.45, 7) is 2.99. The van der Waals surface area contributed by atoms with Crippen LogP contribution in [0.3, 0.4) is 0 Å². The van der Waals surface area contributed by atoms with Crippen molar-refractivity contribution in [3.63, 3.8) is 0 Å². The molecule has 3 aromatic carbocycles. The number of carbonyl (C=O) groups is 3. The fourth-order valence-corrected chi connectivity index (χ4v) is 7.77. The van der Waals surface area contributed by atoms with Crippen LogP contribution in [0.1, 0.15) is 75.5 Å². The lowest BCUT2D eigenvalue weighted by Gasteiger charge is -2.49. The van der Waals surface area contributed by atoms with E-state index in [-0.39, 0.29) is 45.6 Å². The average molecular weight is 993 g/mol. The highest BCUT2D eigenvalue weighted by atomic mass is 127. The van der Waals surface area contributed by atoms with Crippen molar-refractivity contribution in [2.45, 2.75) is 140 Å². The molecule has 2 saturated heterocycles. The summed E-state index contributed by atoms with van der Waals surface area (Å²) < 4.78 is 67.9.